The smallest absolute Gasteiger partial charge is 0.180 e. The second-order valence-corrected chi connectivity index (χ2v) is 6.04. The van der Waals surface area contributed by atoms with Crippen LogP contribution in [-0.4, -0.2) is 9.72 Å². The van der Waals surface area contributed by atoms with E-state index in [2.05, 4.69) is 29.6 Å². The van der Waals surface area contributed by atoms with Crippen molar-refractivity contribution in [1.29, 1.82) is 0 Å². The molecule has 2 aromatic heterocycles. The number of hydrogen-bond acceptors (Lipinski definition) is 3. The molecule has 0 radical (unpaired) electrons. The summed E-state index contributed by atoms with van der Waals surface area (Å²) in [6.07, 6.45) is 4.10. The molecule has 4 nitrogen and oxygen atoms in total. The minimum Gasteiger partial charge on any atom is -0.360 e. The Morgan fingerprint density at radius 2 is 2.28 bits per heavy atom. The van der Waals surface area contributed by atoms with E-state index in [4.69, 9.17) is 10.3 Å². The zero-order chi connectivity index (χ0) is 12.9. The van der Waals surface area contributed by atoms with Gasteiger partial charge in [-0.15, -0.1) is 0 Å². The lowest BCUT2D eigenvalue weighted by Gasteiger charge is -2.34. The van der Waals surface area contributed by atoms with E-state index in [1.165, 1.54) is 11.3 Å². The van der Waals surface area contributed by atoms with E-state index in [9.17, 15) is 0 Å². The van der Waals surface area contributed by atoms with Gasteiger partial charge in [0, 0.05) is 24.0 Å². The van der Waals surface area contributed by atoms with Crippen molar-refractivity contribution in [3.8, 4) is 5.82 Å². The van der Waals surface area contributed by atoms with Crippen molar-refractivity contribution in [3.05, 3.63) is 35.3 Å². The molecule has 1 atom stereocenters. The van der Waals surface area contributed by atoms with Crippen LogP contribution in [0.1, 0.15) is 43.3 Å². The Hall–Kier alpha value is -1.55. The van der Waals surface area contributed by atoms with Gasteiger partial charge in [-0.1, -0.05) is 19.0 Å². The Bertz CT molecular complexity index is 580. The predicted octanol–water partition coefficient (Wildman–Crippen LogP) is 2.75. The van der Waals surface area contributed by atoms with Gasteiger partial charge in [-0.05, 0) is 36.8 Å². The van der Waals surface area contributed by atoms with Gasteiger partial charge >= 0.3 is 0 Å². The fourth-order valence-corrected chi connectivity index (χ4v) is 2.92. The molecule has 0 spiro atoms. The highest BCUT2D eigenvalue weighted by Gasteiger charge is 2.32. The number of aryl methyl sites for hydroxylation is 1. The molecule has 18 heavy (non-hydrogen) atoms. The molecule has 0 amide bonds. The fourth-order valence-electron chi connectivity index (χ4n) is 2.92. The van der Waals surface area contributed by atoms with Crippen LogP contribution < -0.4 is 5.73 Å². The van der Waals surface area contributed by atoms with Crippen molar-refractivity contribution >= 4 is 0 Å². The molecule has 0 saturated heterocycles. The second-order valence-electron chi connectivity index (χ2n) is 6.04. The van der Waals surface area contributed by atoms with Crippen LogP contribution in [0.5, 0.6) is 0 Å². The normalized spacial score (nSPS) is 21.9. The number of fused-ring (bicyclic) bond motifs is 1. The first-order valence-electron chi connectivity index (χ1n) is 6.36. The van der Waals surface area contributed by atoms with E-state index in [-0.39, 0.29) is 11.5 Å². The summed E-state index contributed by atoms with van der Waals surface area (Å²) in [7, 11) is 0. The number of nitrogens with zero attached hydrogens (tertiary/aromatic N) is 2. The van der Waals surface area contributed by atoms with Crippen LogP contribution in [0, 0.1) is 12.3 Å². The van der Waals surface area contributed by atoms with Crippen molar-refractivity contribution in [1.82, 2.24) is 9.72 Å². The Balaban J connectivity index is 2.10. The first-order chi connectivity index (χ1) is 8.46. The van der Waals surface area contributed by atoms with E-state index < -0.39 is 0 Å². The van der Waals surface area contributed by atoms with Crippen LogP contribution in [0.3, 0.4) is 0 Å². The summed E-state index contributed by atoms with van der Waals surface area (Å²) >= 11 is 0. The first-order valence-corrected chi connectivity index (χ1v) is 6.36. The standard InChI is InChI=1S/C14H19N3O/c1-9-6-13(16-18-9)17-5-4-10-11(15)7-14(2,3)8-12(10)17/h4-6,11H,7-8,15H2,1-3H3. The van der Waals surface area contributed by atoms with Gasteiger partial charge in [0.15, 0.2) is 5.82 Å². The van der Waals surface area contributed by atoms with Gasteiger partial charge in [0.2, 0.25) is 0 Å². The lowest BCUT2D eigenvalue weighted by Crippen LogP contribution is -2.30. The monoisotopic (exact) mass is 245 g/mol. The Morgan fingerprint density at radius 1 is 1.50 bits per heavy atom. The second kappa shape index (κ2) is 3.72. The van der Waals surface area contributed by atoms with Crippen LogP contribution in [0.25, 0.3) is 5.82 Å². The molecule has 0 bridgehead atoms. The van der Waals surface area contributed by atoms with Gasteiger partial charge in [0.05, 0.1) is 0 Å². The average molecular weight is 245 g/mol. The molecular formula is C14H19N3O. The van der Waals surface area contributed by atoms with Crippen molar-refractivity contribution in [2.24, 2.45) is 11.1 Å². The maximum atomic E-state index is 6.26. The molecule has 2 N–H and O–H groups in total. The predicted molar refractivity (Wildman–Crippen MR) is 69.6 cm³/mol. The van der Waals surface area contributed by atoms with Crippen LogP contribution in [-0.2, 0) is 6.42 Å². The average Bonchev–Trinajstić information content (AvgIpc) is 2.82. The molecular weight excluding hydrogens is 226 g/mol. The molecule has 3 rings (SSSR count). The summed E-state index contributed by atoms with van der Waals surface area (Å²) in [5.41, 5.74) is 9.01. The van der Waals surface area contributed by atoms with E-state index in [0.717, 1.165) is 24.4 Å². The first kappa shape index (κ1) is 11.5. The molecule has 0 fully saturated rings. The molecule has 1 unspecified atom stereocenters. The third kappa shape index (κ3) is 1.77. The van der Waals surface area contributed by atoms with Crippen molar-refractivity contribution in [2.45, 2.75) is 39.7 Å². The summed E-state index contributed by atoms with van der Waals surface area (Å²) in [5, 5.41) is 4.09. The van der Waals surface area contributed by atoms with Gasteiger partial charge < -0.3 is 14.8 Å². The maximum Gasteiger partial charge on any atom is 0.180 e. The number of rotatable bonds is 1. The highest BCUT2D eigenvalue weighted by atomic mass is 16.5. The Morgan fingerprint density at radius 3 is 2.94 bits per heavy atom. The minimum atomic E-state index is 0.123. The summed E-state index contributed by atoms with van der Waals surface area (Å²) in [6.45, 7) is 6.44. The van der Waals surface area contributed by atoms with Gasteiger partial charge in [-0.2, -0.15) is 0 Å². The molecule has 2 aromatic rings. The third-order valence-electron chi connectivity index (χ3n) is 3.71. The third-order valence-corrected chi connectivity index (χ3v) is 3.71. The molecule has 4 heteroatoms. The van der Waals surface area contributed by atoms with E-state index >= 15 is 0 Å². The van der Waals surface area contributed by atoms with Crippen LogP contribution >= 0.6 is 0 Å². The quantitative estimate of drug-likeness (QED) is 0.840. The van der Waals surface area contributed by atoms with Gasteiger partial charge in [-0.3, -0.25) is 0 Å². The zero-order valence-electron chi connectivity index (χ0n) is 11.1. The highest BCUT2D eigenvalue weighted by Crippen LogP contribution is 2.40. The van der Waals surface area contributed by atoms with Crippen LogP contribution in [0.2, 0.25) is 0 Å². The van der Waals surface area contributed by atoms with Crippen molar-refractivity contribution < 1.29 is 4.52 Å². The SMILES string of the molecule is Cc1cc(-n2ccc3c2CC(C)(C)CC3N)no1. The van der Waals surface area contributed by atoms with Gasteiger partial charge in [-0.25, -0.2) is 0 Å². The highest BCUT2D eigenvalue weighted by molar-refractivity contribution is 5.37. The number of hydrogen-bond donors (Lipinski definition) is 1. The maximum absolute atomic E-state index is 6.26. The summed E-state index contributed by atoms with van der Waals surface area (Å²) in [4.78, 5) is 0. The molecule has 0 aliphatic heterocycles. The number of aromatic nitrogens is 2. The van der Waals surface area contributed by atoms with Gasteiger partial charge in [0.1, 0.15) is 5.76 Å². The summed E-state index contributed by atoms with van der Waals surface area (Å²) < 4.78 is 7.26. The minimum absolute atomic E-state index is 0.123. The molecule has 1 aliphatic carbocycles. The molecule has 2 heterocycles. The Labute approximate surface area is 107 Å². The molecule has 1 aliphatic rings. The van der Waals surface area contributed by atoms with E-state index in [0.29, 0.717) is 0 Å². The van der Waals surface area contributed by atoms with Crippen molar-refractivity contribution in [2.75, 3.05) is 0 Å². The number of nitrogens with two attached hydrogens (primary N) is 1. The van der Waals surface area contributed by atoms with Crippen LogP contribution in [0.4, 0.5) is 0 Å². The van der Waals surface area contributed by atoms with E-state index in [1.54, 1.807) is 0 Å². The largest absolute Gasteiger partial charge is 0.360 e. The summed E-state index contributed by atoms with van der Waals surface area (Å²) in [6, 6.07) is 4.19. The molecule has 0 aromatic carbocycles. The lowest BCUT2D eigenvalue weighted by molar-refractivity contribution is 0.278. The van der Waals surface area contributed by atoms with E-state index in [1.807, 2.05) is 19.2 Å². The van der Waals surface area contributed by atoms with Crippen molar-refractivity contribution in [3.63, 3.8) is 0 Å². The lowest BCUT2D eigenvalue weighted by atomic mass is 9.74. The topological polar surface area (TPSA) is 57.0 Å². The summed E-state index contributed by atoms with van der Waals surface area (Å²) in [5.74, 6) is 1.67. The molecule has 96 valence electrons. The molecule has 0 saturated carbocycles. The van der Waals surface area contributed by atoms with Crippen LogP contribution in [0.15, 0.2) is 22.9 Å². The Kier molecular flexibility index (Phi) is 2.38. The van der Waals surface area contributed by atoms with Gasteiger partial charge in [0.25, 0.3) is 0 Å². The fraction of sp³-hybridized carbons (Fsp3) is 0.500. The zero-order valence-corrected chi connectivity index (χ0v) is 11.1.